The average Bonchev–Trinajstić information content (AvgIpc) is 3.31. The van der Waals surface area contributed by atoms with Crippen LogP contribution in [0.5, 0.6) is 5.75 Å². The summed E-state index contributed by atoms with van der Waals surface area (Å²) in [6.45, 7) is 3.22. The Morgan fingerprint density at radius 3 is 2.64 bits per heavy atom. The van der Waals surface area contributed by atoms with Crippen LogP contribution in [0, 0.1) is 11.3 Å². The standard InChI is InChI=1S/C21H25N5O2/c1-12(22)21(13(2)27)15-9-16-17(10-18(15)28-3)26-19(8-14-6-4-5-7-14)24-25-20(26)11-23-16/h9-11,14,22,27H,4-8H2,1-3H3/b21-13+,22-12?. The van der Waals surface area contributed by atoms with E-state index < -0.39 is 0 Å². The molecule has 7 nitrogen and oxygen atoms in total. The Morgan fingerprint density at radius 2 is 2.00 bits per heavy atom. The van der Waals surface area contributed by atoms with E-state index in [4.69, 9.17) is 10.1 Å². The van der Waals surface area contributed by atoms with E-state index >= 15 is 0 Å². The molecule has 0 radical (unpaired) electrons. The van der Waals surface area contributed by atoms with Crippen molar-refractivity contribution in [1.82, 2.24) is 19.6 Å². The molecule has 146 valence electrons. The number of aromatic nitrogens is 4. The minimum atomic E-state index is 0.0810. The van der Waals surface area contributed by atoms with Gasteiger partial charge >= 0.3 is 0 Å². The molecule has 28 heavy (non-hydrogen) atoms. The molecule has 2 heterocycles. The molecule has 2 aromatic heterocycles. The zero-order valence-electron chi connectivity index (χ0n) is 16.5. The van der Waals surface area contributed by atoms with Gasteiger partial charge in [0.1, 0.15) is 11.6 Å². The van der Waals surface area contributed by atoms with Crippen LogP contribution in [-0.2, 0) is 6.42 Å². The van der Waals surface area contributed by atoms with Gasteiger partial charge in [-0.15, -0.1) is 10.2 Å². The fourth-order valence-corrected chi connectivity index (χ4v) is 4.28. The third-order valence-corrected chi connectivity index (χ3v) is 5.56. The summed E-state index contributed by atoms with van der Waals surface area (Å²) >= 11 is 0. The van der Waals surface area contributed by atoms with Gasteiger partial charge in [-0.25, -0.2) is 0 Å². The number of ether oxygens (including phenoxy) is 1. The SMILES string of the molecule is COc1cc2c(cc1/C(C(C)=N)=C(\C)O)ncc1nnc(CC3CCCC3)n12. The third-order valence-electron chi connectivity index (χ3n) is 5.56. The van der Waals surface area contributed by atoms with Gasteiger partial charge in [0.15, 0.2) is 5.65 Å². The van der Waals surface area contributed by atoms with Crippen molar-refractivity contribution in [2.24, 2.45) is 5.92 Å². The second-order valence-corrected chi connectivity index (χ2v) is 7.55. The van der Waals surface area contributed by atoms with Crippen LogP contribution in [0.15, 0.2) is 24.1 Å². The highest BCUT2D eigenvalue weighted by Gasteiger charge is 2.21. The predicted molar refractivity (Wildman–Crippen MR) is 109 cm³/mol. The smallest absolute Gasteiger partial charge is 0.179 e. The van der Waals surface area contributed by atoms with E-state index in [1.54, 1.807) is 27.2 Å². The summed E-state index contributed by atoms with van der Waals surface area (Å²) < 4.78 is 7.66. The Kier molecular flexibility index (Phi) is 4.75. The molecular weight excluding hydrogens is 354 g/mol. The molecule has 1 fully saturated rings. The number of hydrogen-bond donors (Lipinski definition) is 2. The van der Waals surface area contributed by atoms with Gasteiger partial charge in [-0.1, -0.05) is 25.7 Å². The summed E-state index contributed by atoms with van der Waals surface area (Å²) in [6, 6.07) is 3.76. The highest BCUT2D eigenvalue weighted by molar-refractivity contribution is 6.22. The summed E-state index contributed by atoms with van der Waals surface area (Å²) in [7, 11) is 1.59. The number of nitrogens with one attached hydrogen (secondary N) is 1. The van der Waals surface area contributed by atoms with Gasteiger partial charge < -0.3 is 15.3 Å². The van der Waals surface area contributed by atoms with E-state index in [1.807, 2.05) is 12.1 Å². The maximum Gasteiger partial charge on any atom is 0.179 e. The molecule has 0 atom stereocenters. The molecule has 0 saturated heterocycles. The third kappa shape index (κ3) is 3.10. The first-order valence-corrected chi connectivity index (χ1v) is 9.66. The fraction of sp³-hybridized carbons (Fsp3) is 0.429. The zero-order chi connectivity index (χ0) is 19.8. The molecule has 1 aliphatic rings. The van der Waals surface area contributed by atoms with Gasteiger partial charge in [-0.05, 0) is 25.8 Å². The summed E-state index contributed by atoms with van der Waals surface area (Å²) in [6.07, 6.45) is 7.70. The molecule has 0 spiro atoms. The van der Waals surface area contributed by atoms with Crippen molar-refractivity contribution in [3.63, 3.8) is 0 Å². The van der Waals surface area contributed by atoms with Crippen molar-refractivity contribution in [1.29, 1.82) is 5.41 Å². The van der Waals surface area contributed by atoms with Crippen molar-refractivity contribution >= 4 is 28.0 Å². The normalized spacial score (nSPS) is 16.0. The molecule has 1 aromatic carbocycles. The van der Waals surface area contributed by atoms with Crippen LogP contribution >= 0.6 is 0 Å². The van der Waals surface area contributed by atoms with Gasteiger partial charge in [-0.2, -0.15) is 0 Å². The number of nitrogens with zero attached hydrogens (tertiary/aromatic N) is 4. The van der Waals surface area contributed by atoms with Crippen LogP contribution in [0.1, 0.15) is 50.9 Å². The molecule has 2 N–H and O–H groups in total. The van der Waals surface area contributed by atoms with Crippen LogP contribution in [0.2, 0.25) is 0 Å². The maximum absolute atomic E-state index is 10.1. The number of benzene rings is 1. The predicted octanol–water partition coefficient (Wildman–Crippen LogP) is 4.35. The van der Waals surface area contributed by atoms with Crippen LogP contribution in [-0.4, -0.2) is 37.5 Å². The highest BCUT2D eigenvalue weighted by Crippen LogP contribution is 2.33. The van der Waals surface area contributed by atoms with Crippen LogP contribution in [0.3, 0.4) is 0 Å². The van der Waals surface area contributed by atoms with Crippen LogP contribution in [0.25, 0.3) is 22.3 Å². The number of allylic oxidation sites excluding steroid dienone is 2. The Morgan fingerprint density at radius 1 is 1.25 bits per heavy atom. The Labute approximate surface area is 163 Å². The first kappa shape index (κ1) is 18.4. The van der Waals surface area contributed by atoms with E-state index in [1.165, 1.54) is 25.7 Å². The van der Waals surface area contributed by atoms with Gasteiger partial charge in [-0.3, -0.25) is 9.38 Å². The topological polar surface area (TPSA) is 96.4 Å². The monoisotopic (exact) mass is 379 g/mol. The van der Waals surface area contributed by atoms with Crippen molar-refractivity contribution in [3.05, 3.63) is 35.5 Å². The molecular formula is C21H25N5O2. The first-order chi connectivity index (χ1) is 13.5. The largest absolute Gasteiger partial charge is 0.512 e. The minimum Gasteiger partial charge on any atom is -0.512 e. The number of hydrogen-bond acceptors (Lipinski definition) is 6. The summed E-state index contributed by atoms with van der Waals surface area (Å²) in [5, 5.41) is 26.9. The summed E-state index contributed by atoms with van der Waals surface area (Å²) in [4.78, 5) is 4.54. The van der Waals surface area contributed by atoms with Crippen molar-refractivity contribution in [3.8, 4) is 5.75 Å². The van der Waals surface area contributed by atoms with E-state index in [0.717, 1.165) is 23.3 Å². The van der Waals surface area contributed by atoms with Crippen LogP contribution < -0.4 is 4.74 Å². The Balaban J connectivity index is 1.92. The molecule has 0 aliphatic heterocycles. The highest BCUT2D eigenvalue weighted by atomic mass is 16.5. The fourth-order valence-electron chi connectivity index (χ4n) is 4.28. The van der Waals surface area contributed by atoms with Crippen LogP contribution in [0.4, 0.5) is 0 Å². The van der Waals surface area contributed by atoms with E-state index in [9.17, 15) is 5.11 Å². The van der Waals surface area contributed by atoms with Gasteiger partial charge in [0.25, 0.3) is 0 Å². The number of rotatable bonds is 5. The summed E-state index contributed by atoms with van der Waals surface area (Å²) in [5.41, 5.74) is 3.71. The van der Waals surface area contributed by atoms with Crippen molar-refractivity contribution in [2.75, 3.05) is 7.11 Å². The number of aliphatic hydroxyl groups excluding tert-OH is 1. The lowest BCUT2D eigenvalue weighted by Gasteiger charge is -2.15. The molecule has 7 heteroatoms. The molecule has 0 bridgehead atoms. The molecule has 1 saturated carbocycles. The van der Waals surface area contributed by atoms with E-state index in [-0.39, 0.29) is 11.5 Å². The minimum absolute atomic E-state index is 0.0810. The molecule has 0 unspecified atom stereocenters. The lowest BCUT2D eigenvalue weighted by molar-refractivity contribution is 0.409. The van der Waals surface area contributed by atoms with Gasteiger partial charge in [0.2, 0.25) is 0 Å². The van der Waals surface area contributed by atoms with Gasteiger partial charge in [0, 0.05) is 29.3 Å². The van der Waals surface area contributed by atoms with E-state index in [0.29, 0.717) is 28.5 Å². The lowest BCUT2D eigenvalue weighted by Crippen LogP contribution is -2.06. The number of aliphatic hydroxyl groups is 1. The van der Waals surface area contributed by atoms with Crippen molar-refractivity contribution < 1.29 is 9.84 Å². The lowest BCUT2D eigenvalue weighted by atomic mass is 9.98. The second kappa shape index (κ2) is 7.22. The van der Waals surface area contributed by atoms with E-state index in [2.05, 4.69) is 19.6 Å². The molecule has 3 aromatic rings. The molecule has 0 amide bonds. The second-order valence-electron chi connectivity index (χ2n) is 7.55. The zero-order valence-corrected chi connectivity index (χ0v) is 16.5. The number of fused-ring (bicyclic) bond motifs is 3. The van der Waals surface area contributed by atoms with Gasteiger partial charge in [0.05, 0.1) is 30.1 Å². The van der Waals surface area contributed by atoms with Crippen molar-refractivity contribution in [2.45, 2.75) is 46.0 Å². The Hall–Kier alpha value is -2.96. The molecule has 4 rings (SSSR count). The maximum atomic E-state index is 10.1. The first-order valence-electron chi connectivity index (χ1n) is 9.66. The quantitative estimate of drug-likeness (QED) is 0.507. The summed E-state index contributed by atoms with van der Waals surface area (Å²) in [5.74, 6) is 2.26. The molecule has 1 aliphatic carbocycles. The number of methoxy groups -OCH3 is 1. The Bertz CT molecular complexity index is 1090. The average molecular weight is 379 g/mol.